The minimum absolute atomic E-state index is 0.00610. The van der Waals surface area contributed by atoms with Crippen molar-refractivity contribution in [3.63, 3.8) is 0 Å². The van der Waals surface area contributed by atoms with Crippen molar-refractivity contribution in [3.05, 3.63) is 42.0 Å². The lowest BCUT2D eigenvalue weighted by Gasteiger charge is -2.30. The highest BCUT2D eigenvalue weighted by atomic mass is 32.2. The van der Waals surface area contributed by atoms with Gasteiger partial charge in [-0.05, 0) is 37.1 Å². The number of hydrogen-bond acceptors (Lipinski definition) is 6. The number of carbonyl (C=O) groups is 2. The van der Waals surface area contributed by atoms with Gasteiger partial charge in [-0.15, -0.1) is 0 Å². The van der Waals surface area contributed by atoms with E-state index in [1.54, 1.807) is 13.1 Å². The van der Waals surface area contributed by atoms with Gasteiger partial charge in [-0.2, -0.15) is 4.31 Å². The van der Waals surface area contributed by atoms with E-state index < -0.39 is 15.9 Å². The van der Waals surface area contributed by atoms with Crippen molar-refractivity contribution in [1.29, 1.82) is 0 Å². The molecule has 9 nitrogen and oxygen atoms in total. The van der Waals surface area contributed by atoms with E-state index in [0.29, 0.717) is 28.2 Å². The van der Waals surface area contributed by atoms with Gasteiger partial charge in [0.15, 0.2) is 5.13 Å². The monoisotopic (exact) mass is 465 g/mol. The number of hydrogen-bond donors (Lipinski definition) is 2. The molecule has 0 atom stereocenters. The highest BCUT2D eigenvalue weighted by Gasteiger charge is 2.33. The lowest BCUT2D eigenvalue weighted by molar-refractivity contribution is -0.120. The average Bonchev–Trinajstić information content (AvgIpc) is 3.31. The first kappa shape index (κ1) is 21.4. The number of piperidine rings is 1. The summed E-state index contributed by atoms with van der Waals surface area (Å²) in [5, 5.41) is 3.13. The van der Waals surface area contributed by atoms with Crippen LogP contribution in [0.15, 0.2) is 35.4 Å². The number of sulfonamides is 1. The van der Waals surface area contributed by atoms with Gasteiger partial charge in [0.25, 0.3) is 5.91 Å². The molecular weight excluding hydrogens is 445 g/mol. The number of nitrogens with one attached hydrogen (secondary N) is 1. The van der Waals surface area contributed by atoms with Gasteiger partial charge in [0.05, 0.1) is 10.2 Å². The Morgan fingerprint density at radius 3 is 2.61 bits per heavy atom. The molecule has 1 aliphatic rings. The Bertz CT molecular complexity index is 1280. The molecule has 0 aliphatic carbocycles. The van der Waals surface area contributed by atoms with E-state index >= 15 is 0 Å². The first-order valence-corrected chi connectivity index (χ1v) is 11.7. The van der Waals surface area contributed by atoms with Gasteiger partial charge in [-0.3, -0.25) is 9.59 Å². The average molecular weight is 466 g/mol. The van der Waals surface area contributed by atoms with Crippen LogP contribution in [0.25, 0.3) is 10.2 Å². The SMILES string of the molecule is Cn1cc(S(=O)(=O)N2CCC(C(=O)Nc3nc4ccc(F)cc4s3)CC2)cc1C(N)=O. The largest absolute Gasteiger partial charge is 0.364 e. The number of aromatic nitrogens is 2. The third-order valence-corrected chi connectivity index (χ3v) is 8.07. The Hall–Kier alpha value is -2.83. The predicted molar refractivity (Wildman–Crippen MR) is 114 cm³/mol. The van der Waals surface area contributed by atoms with Crippen molar-refractivity contribution in [2.24, 2.45) is 18.7 Å². The number of rotatable bonds is 5. The van der Waals surface area contributed by atoms with Gasteiger partial charge in [0, 0.05) is 32.3 Å². The third kappa shape index (κ3) is 4.18. The van der Waals surface area contributed by atoms with Crippen LogP contribution in [0.5, 0.6) is 0 Å². The molecule has 3 heterocycles. The normalized spacial score (nSPS) is 15.9. The number of benzene rings is 1. The van der Waals surface area contributed by atoms with E-state index in [4.69, 9.17) is 5.73 Å². The summed E-state index contributed by atoms with van der Waals surface area (Å²) in [5.41, 5.74) is 5.96. The Labute approximate surface area is 181 Å². The lowest BCUT2D eigenvalue weighted by atomic mass is 9.97. The highest BCUT2D eigenvalue weighted by molar-refractivity contribution is 7.89. The maximum Gasteiger partial charge on any atom is 0.265 e. The molecule has 3 N–H and O–H groups in total. The van der Waals surface area contributed by atoms with Crippen LogP contribution in [0.2, 0.25) is 0 Å². The number of amides is 2. The Balaban J connectivity index is 1.41. The molecule has 3 aromatic rings. The van der Waals surface area contributed by atoms with Crippen molar-refractivity contribution in [2.75, 3.05) is 18.4 Å². The smallest absolute Gasteiger partial charge is 0.265 e. The van der Waals surface area contributed by atoms with Crippen molar-refractivity contribution >= 4 is 48.5 Å². The summed E-state index contributed by atoms with van der Waals surface area (Å²) in [6.07, 6.45) is 2.05. The second-order valence-electron chi connectivity index (χ2n) is 7.33. The summed E-state index contributed by atoms with van der Waals surface area (Å²) in [7, 11) is -2.25. The van der Waals surface area contributed by atoms with Gasteiger partial charge in [-0.25, -0.2) is 17.8 Å². The van der Waals surface area contributed by atoms with Gasteiger partial charge < -0.3 is 15.6 Å². The van der Waals surface area contributed by atoms with Crippen LogP contribution in [0.4, 0.5) is 9.52 Å². The molecular formula is C19H20FN5O4S2. The summed E-state index contributed by atoms with van der Waals surface area (Å²) < 4.78 is 42.4. The maximum atomic E-state index is 13.3. The number of halogens is 1. The van der Waals surface area contributed by atoms with E-state index in [1.807, 2.05) is 0 Å². The summed E-state index contributed by atoms with van der Waals surface area (Å²) in [6, 6.07) is 5.47. The van der Waals surface area contributed by atoms with Crippen LogP contribution in [0.3, 0.4) is 0 Å². The molecule has 164 valence electrons. The summed E-state index contributed by atoms with van der Waals surface area (Å²) in [4.78, 5) is 28.3. The van der Waals surface area contributed by atoms with Crippen molar-refractivity contribution in [2.45, 2.75) is 17.7 Å². The summed E-state index contributed by atoms with van der Waals surface area (Å²) >= 11 is 1.18. The number of anilines is 1. The molecule has 1 aromatic carbocycles. The summed E-state index contributed by atoms with van der Waals surface area (Å²) in [6.45, 7) is 0.346. The molecule has 0 bridgehead atoms. The van der Waals surface area contributed by atoms with Crippen molar-refractivity contribution < 1.29 is 22.4 Å². The van der Waals surface area contributed by atoms with Crippen molar-refractivity contribution in [1.82, 2.24) is 13.9 Å². The fraction of sp³-hybridized carbons (Fsp3) is 0.316. The van der Waals surface area contributed by atoms with E-state index in [-0.39, 0.29) is 41.3 Å². The number of nitrogens with two attached hydrogens (primary N) is 1. The van der Waals surface area contributed by atoms with Crippen LogP contribution in [0, 0.1) is 11.7 Å². The zero-order valence-corrected chi connectivity index (χ0v) is 18.2. The van der Waals surface area contributed by atoms with Crippen LogP contribution >= 0.6 is 11.3 Å². The minimum Gasteiger partial charge on any atom is -0.364 e. The fourth-order valence-electron chi connectivity index (χ4n) is 3.59. The predicted octanol–water partition coefficient (Wildman–Crippen LogP) is 1.91. The number of aryl methyl sites for hydroxylation is 1. The van der Waals surface area contributed by atoms with Crippen LogP contribution in [0.1, 0.15) is 23.3 Å². The van der Waals surface area contributed by atoms with Crippen LogP contribution in [-0.2, 0) is 21.9 Å². The second kappa shape index (κ2) is 8.02. The number of thiazole rings is 1. The quantitative estimate of drug-likeness (QED) is 0.595. The molecule has 0 radical (unpaired) electrons. The van der Waals surface area contributed by atoms with E-state index in [1.165, 1.54) is 44.6 Å². The summed E-state index contributed by atoms with van der Waals surface area (Å²) in [5.74, 6) is -1.69. The number of carbonyl (C=O) groups excluding carboxylic acids is 2. The number of primary amides is 1. The maximum absolute atomic E-state index is 13.3. The Morgan fingerprint density at radius 2 is 1.97 bits per heavy atom. The fourth-order valence-corrected chi connectivity index (χ4v) is 6.02. The topological polar surface area (TPSA) is 127 Å². The minimum atomic E-state index is -3.80. The molecule has 0 unspecified atom stereocenters. The van der Waals surface area contributed by atoms with Crippen LogP contribution < -0.4 is 11.1 Å². The Morgan fingerprint density at radius 1 is 1.26 bits per heavy atom. The molecule has 12 heteroatoms. The zero-order chi connectivity index (χ0) is 22.3. The van der Waals surface area contributed by atoms with E-state index in [9.17, 15) is 22.4 Å². The number of nitrogens with zero attached hydrogens (tertiary/aromatic N) is 3. The molecule has 1 aliphatic heterocycles. The van der Waals surface area contributed by atoms with Gasteiger partial charge in [0.1, 0.15) is 16.4 Å². The molecule has 0 spiro atoms. The first-order chi connectivity index (χ1) is 14.6. The van der Waals surface area contributed by atoms with E-state index in [2.05, 4.69) is 10.3 Å². The zero-order valence-electron chi connectivity index (χ0n) is 16.5. The first-order valence-electron chi connectivity index (χ1n) is 9.48. The van der Waals surface area contributed by atoms with Gasteiger partial charge in [0.2, 0.25) is 15.9 Å². The van der Waals surface area contributed by atoms with Crippen LogP contribution in [-0.4, -0.2) is 47.2 Å². The molecule has 2 amide bonds. The van der Waals surface area contributed by atoms with E-state index in [0.717, 1.165) is 0 Å². The molecule has 31 heavy (non-hydrogen) atoms. The van der Waals surface area contributed by atoms with Gasteiger partial charge >= 0.3 is 0 Å². The van der Waals surface area contributed by atoms with Crippen molar-refractivity contribution in [3.8, 4) is 0 Å². The molecule has 4 rings (SSSR count). The van der Waals surface area contributed by atoms with Gasteiger partial charge in [-0.1, -0.05) is 11.3 Å². The highest BCUT2D eigenvalue weighted by Crippen LogP contribution is 2.29. The number of fused-ring (bicyclic) bond motifs is 1. The molecule has 1 fully saturated rings. The molecule has 0 saturated carbocycles. The third-order valence-electron chi connectivity index (χ3n) is 5.28. The second-order valence-corrected chi connectivity index (χ2v) is 10.3. The standard InChI is InChI=1S/C19H20FN5O4S2/c1-24-10-13(9-15(24)17(21)26)31(28,29)25-6-4-11(5-7-25)18(27)23-19-22-14-3-2-12(20)8-16(14)30-19/h2-3,8-11H,4-7H2,1H3,(H2,21,26)(H,22,23,27). The Kier molecular flexibility index (Phi) is 5.54. The molecule has 1 saturated heterocycles. The lowest BCUT2D eigenvalue weighted by Crippen LogP contribution is -2.41. The molecule has 2 aromatic heterocycles.